The van der Waals surface area contributed by atoms with Crippen molar-refractivity contribution in [2.45, 2.75) is 39.0 Å². The molecule has 0 N–H and O–H groups in total. The first kappa shape index (κ1) is 15.7. The second-order valence-corrected chi connectivity index (χ2v) is 6.92. The molecule has 0 radical (unpaired) electrons. The highest BCUT2D eigenvalue weighted by atomic mass is 32.2. The molecule has 0 aromatic rings. The van der Waals surface area contributed by atoms with E-state index in [1.165, 1.54) is 11.5 Å². The predicted octanol–water partition coefficient (Wildman–Crippen LogP) is 2.32. The summed E-state index contributed by atoms with van der Waals surface area (Å²) in [7, 11) is 0. The summed E-state index contributed by atoms with van der Waals surface area (Å²) in [5, 5.41) is 0. The lowest BCUT2D eigenvalue weighted by molar-refractivity contribution is -0.151. The molecule has 0 bridgehead atoms. The van der Waals surface area contributed by atoms with Crippen LogP contribution < -0.4 is 0 Å². The van der Waals surface area contributed by atoms with Crippen LogP contribution in [0.15, 0.2) is 0 Å². The fourth-order valence-electron chi connectivity index (χ4n) is 2.98. The van der Waals surface area contributed by atoms with Crippen molar-refractivity contribution in [3.63, 3.8) is 0 Å². The van der Waals surface area contributed by atoms with E-state index >= 15 is 0 Å². The Morgan fingerprint density at radius 3 is 2.70 bits per heavy atom. The van der Waals surface area contributed by atoms with Crippen LogP contribution in [0.1, 0.15) is 39.0 Å². The third kappa shape index (κ3) is 4.40. The average molecular weight is 299 g/mol. The molecule has 1 atom stereocenters. The zero-order valence-corrected chi connectivity index (χ0v) is 13.1. The minimum atomic E-state index is -0.140. The SMILES string of the molecule is CCOC(=O)[C@@H]1CCCN(C(=O)CC2CCSCC2)C1. The minimum Gasteiger partial charge on any atom is -0.466 e. The van der Waals surface area contributed by atoms with Crippen molar-refractivity contribution < 1.29 is 14.3 Å². The van der Waals surface area contributed by atoms with Gasteiger partial charge in [-0.2, -0.15) is 11.8 Å². The fraction of sp³-hybridized carbons (Fsp3) is 0.867. The highest BCUT2D eigenvalue weighted by Crippen LogP contribution is 2.27. The van der Waals surface area contributed by atoms with Gasteiger partial charge in [0.15, 0.2) is 0 Å². The van der Waals surface area contributed by atoms with Crippen LogP contribution in [0.4, 0.5) is 0 Å². The summed E-state index contributed by atoms with van der Waals surface area (Å²) in [6.45, 7) is 3.60. The van der Waals surface area contributed by atoms with Gasteiger partial charge in [-0.15, -0.1) is 0 Å². The van der Waals surface area contributed by atoms with Crippen LogP contribution >= 0.6 is 11.8 Å². The van der Waals surface area contributed by atoms with Crippen molar-refractivity contribution in [2.75, 3.05) is 31.2 Å². The molecule has 20 heavy (non-hydrogen) atoms. The van der Waals surface area contributed by atoms with Gasteiger partial charge < -0.3 is 9.64 Å². The monoisotopic (exact) mass is 299 g/mol. The summed E-state index contributed by atoms with van der Waals surface area (Å²) in [6, 6.07) is 0. The number of thioether (sulfide) groups is 1. The number of piperidine rings is 1. The van der Waals surface area contributed by atoms with Gasteiger partial charge in [0.1, 0.15) is 0 Å². The summed E-state index contributed by atoms with van der Waals surface area (Å²) in [5.41, 5.74) is 0. The summed E-state index contributed by atoms with van der Waals surface area (Å²) < 4.78 is 5.08. The number of carbonyl (C=O) groups is 2. The van der Waals surface area contributed by atoms with Gasteiger partial charge in [0.05, 0.1) is 12.5 Å². The van der Waals surface area contributed by atoms with E-state index in [0.29, 0.717) is 25.5 Å². The Labute approximate surface area is 125 Å². The van der Waals surface area contributed by atoms with Gasteiger partial charge in [-0.1, -0.05) is 0 Å². The third-order valence-electron chi connectivity index (χ3n) is 4.20. The van der Waals surface area contributed by atoms with E-state index in [9.17, 15) is 9.59 Å². The lowest BCUT2D eigenvalue weighted by Crippen LogP contribution is -2.43. The smallest absolute Gasteiger partial charge is 0.310 e. The standard InChI is InChI=1S/C15H25NO3S/c1-2-19-15(18)13-4-3-7-16(11-13)14(17)10-12-5-8-20-9-6-12/h12-13H,2-11H2,1H3/t13-/m1/s1. The van der Waals surface area contributed by atoms with Crippen molar-refractivity contribution in [1.82, 2.24) is 4.90 Å². The van der Waals surface area contributed by atoms with E-state index in [0.717, 1.165) is 32.2 Å². The van der Waals surface area contributed by atoms with E-state index in [1.807, 2.05) is 23.6 Å². The Balaban J connectivity index is 1.81. The Morgan fingerprint density at radius 1 is 1.25 bits per heavy atom. The zero-order valence-electron chi connectivity index (χ0n) is 12.3. The number of hydrogen-bond donors (Lipinski definition) is 0. The molecule has 4 nitrogen and oxygen atoms in total. The molecule has 5 heteroatoms. The molecule has 2 saturated heterocycles. The van der Waals surface area contributed by atoms with E-state index in [-0.39, 0.29) is 17.8 Å². The Morgan fingerprint density at radius 2 is 2.00 bits per heavy atom. The number of hydrogen-bond acceptors (Lipinski definition) is 4. The second-order valence-electron chi connectivity index (χ2n) is 5.69. The molecule has 2 fully saturated rings. The van der Waals surface area contributed by atoms with Crippen LogP contribution in [0.5, 0.6) is 0 Å². The number of carbonyl (C=O) groups excluding carboxylic acids is 2. The first-order valence-corrected chi connectivity index (χ1v) is 8.88. The highest BCUT2D eigenvalue weighted by molar-refractivity contribution is 7.99. The number of amides is 1. The molecular formula is C15H25NO3S. The van der Waals surface area contributed by atoms with Crippen molar-refractivity contribution in [3.05, 3.63) is 0 Å². The number of rotatable bonds is 4. The zero-order chi connectivity index (χ0) is 14.4. The molecule has 0 aromatic heterocycles. The second kappa shape index (κ2) is 7.91. The number of esters is 1. The van der Waals surface area contributed by atoms with Crippen LogP contribution in [0.3, 0.4) is 0 Å². The van der Waals surface area contributed by atoms with Crippen LogP contribution in [0, 0.1) is 11.8 Å². The maximum Gasteiger partial charge on any atom is 0.310 e. The maximum atomic E-state index is 12.4. The molecule has 0 aliphatic carbocycles. The van der Waals surface area contributed by atoms with Gasteiger partial charge in [-0.3, -0.25) is 9.59 Å². The first-order valence-electron chi connectivity index (χ1n) is 7.73. The Bertz CT molecular complexity index is 342. The number of nitrogens with zero attached hydrogens (tertiary/aromatic N) is 1. The summed E-state index contributed by atoms with van der Waals surface area (Å²) in [5.74, 6) is 2.89. The fourth-order valence-corrected chi connectivity index (χ4v) is 4.19. The lowest BCUT2D eigenvalue weighted by atomic mass is 9.95. The number of ether oxygens (including phenoxy) is 1. The Hall–Kier alpha value is -0.710. The van der Waals surface area contributed by atoms with Gasteiger partial charge in [0.2, 0.25) is 5.91 Å². The van der Waals surface area contributed by atoms with Crippen LogP contribution in [0.25, 0.3) is 0 Å². The van der Waals surface area contributed by atoms with Gasteiger partial charge in [-0.05, 0) is 50.0 Å². The lowest BCUT2D eigenvalue weighted by Gasteiger charge is -2.33. The van der Waals surface area contributed by atoms with Gasteiger partial charge in [0, 0.05) is 19.5 Å². The van der Waals surface area contributed by atoms with E-state index in [4.69, 9.17) is 4.74 Å². The third-order valence-corrected chi connectivity index (χ3v) is 5.25. The van der Waals surface area contributed by atoms with Gasteiger partial charge in [0.25, 0.3) is 0 Å². The van der Waals surface area contributed by atoms with Gasteiger partial charge in [-0.25, -0.2) is 0 Å². The quantitative estimate of drug-likeness (QED) is 0.748. The van der Waals surface area contributed by atoms with E-state index < -0.39 is 0 Å². The largest absolute Gasteiger partial charge is 0.466 e. The van der Waals surface area contributed by atoms with Crippen LogP contribution in [-0.4, -0.2) is 48.0 Å². The Kier molecular flexibility index (Phi) is 6.20. The molecule has 2 aliphatic heterocycles. The van der Waals surface area contributed by atoms with Crippen molar-refractivity contribution in [2.24, 2.45) is 11.8 Å². The molecule has 2 aliphatic rings. The van der Waals surface area contributed by atoms with E-state index in [2.05, 4.69) is 0 Å². The van der Waals surface area contributed by atoms with E-state index in [1.54, 1.807) is 0 Å². The normalized spacial score (nSPS) is 24.4. The van der Waals surface area contributed by atoms with Crippen molar-refractivity contribution >= 4 is 23.6 Å². The minimum absolute atomic E-state index is 0.116. The highest BCUT2D eigenvalue weighted by Gasteiger charge is 2.30. The van der Waals surface area contributed by atoms with Crippen molar-refractivity contribution in [1.29, 1.82) is 0 Å². The van der Waals surface area contributed by atoms with Crippen molar-refractivity contribution in [3.8, 4) is 0 Å². The van der Waals surface area contributed by atoms with Gasteiger partial charge >= 0.3 is 5.97 Å². The topological polar surface area (TPSA) is 46.6 Å². The van der Waals surface area contributed by atoms with Crippen LogP contribution in [0.2, 0.25) is 0 Å². The molecule has 1 amide bonds. The molecule has 0 aromatic carbocycles. The summed E-state index contributed by atoms with van der Waals surface area (Å²) in [4.78, 5) is 26.0. The molecule has 0 spiro atoms. The predicted molar refractivity (Wildman–Crippen MR) is 80.6 cm³/mol. The molecule has 2 heterocycles. The maximum absolute atomic E-state index is 12.4. The molecule has 0 saturated carbocycles. The molecule has 0 unspecified atom stereocenters. The average Bonchev–Trinajstić information content (AvgIpc) is 2.48. The molecule has 114 valence electrons. The number of likely N-dealkylation sites (tertiary alicyclic amines) is 1. The summed E-state index contributed by atoms with van der Waals surface area (Å²) >= 11 is 1.99. The molecular weight excluding hydrogens is 274 g/mol. The summed E-state index contributed by atoms with van der Waals surface area (Å²) in [6.07, 6.45) is 4.74. The molecule has 2 rings (SSSR count). The first-order chi connectivity index (χ1) is 9.70. The van der Waals surface area contributed by atoms with Crippen LogP contribution in [-0.2, 0) is 14.3 Å².